The Hall–Kier alpha value is -2.08. The van der Waals surface area contributed by atoms with Gasteiger partial charge in [-0.05, 0) is 37.1 Å². The van der Waals surface area contributed by atoms with Gasteiger partial charge < -0.3 is 10.1 Å². The van der Waals surface area contributed by atoms with Gasteiger partial charge in [0, 0.05) is 7.05 Å². The number of aryl methyl sites for hydroxylation is 1. The molecule has 1 aromatic heterocycles. The lowest BCUT2D eigenvalue weighted by atomic mass is 10.0. The van der Waals surface area contributed by atoms with Gasteiger partial charge in [-0.3, -0.25) is 9.48 Å². The van der Waals surface area contributed by atoms with Crippen molar-refractivity contribution in [3.8, 4) is 5.75 Å². The monoisotopic (exact) mass is 323 g/mol. The molecule has 0 bridgehead atoms. The second kappa shape index (κ2) is 5.61. The molecule has 22 heavy (non-hydrogen) atoms. The predicted molar refractivity (Wildman–Crippen MR) is 79.8 cm³/mol. The summed E-state index contributed by atoms with van der Waals surface area (Å²) in [6, 6.07) is 4.13. The van der Waals surface area contributed by atoms with Crippen LogP contribution in [0.5, 0.6) is 5.75 Å². The standard InChI is InChI=1S/C15H15ClFN3O2/c1-8-13(16)14(19-20(8)2)15(21)18-11-6-9-5-10(17)3-4-12(9)22-7-11/h3-5,11H,6-7H2,1-2H3,(H,18,21). The second-order valence-corrected chi connectivity index (χ2v) is 5.69. The Bertz CT molecular complexity index is 745. The highest BCUT2D eigenvalue weighted by atomic mass is 35.5. The molecule has 116 valence electrons. The van der Waals surface area contributed by atoms with E-state index >= 15 is 0 Å². The van der Waals surface area contributed by atoms with Crippen LogP contribution in [0.1, 0.15) is 21.7 Å². The zero-order valence-electron chi connectivity index (χ0n) is 12.2. The number of amides is 1. The van der Waals surface area contributed by atoms with Gasteiger partial charge in [0.25, 0.3) is 5.91 Å². The van der Waals surface area contributed by atoms with E-state index in [0.29, 0.717) is 23.8 Å². The molecule has 2 aromatic rings. The predicted octanol–water partition coefficient (Wildman–Crippen LogP) is 2.25. The minimum absolute atomic E-state index is 0.187. The minimum atomic E-state index is -0.359. The van der Waals surface area contributed by atoms with Gasteiger partial charge in [-0.2, -0.15) is 5.10 Å². The molecule has 0 spiro atoms. The van der Waals surface area contributed by atoms with Gasteiger partial charge in [0.2, 0.25) is 0 Å². The molecule has 7 heteroatoms. The maximum atomic E-state index is 13.3. The summed E-state index contributed by atoms with van der Waals surface area (Å²) in [6.45, 7) is 2.11. The number of nitrogens with zero attached hydrogens (tertiary/aromatic N) is 2. The lowest BCUT2D eigenvalue weighted by Crippen LogP contribution is -2.43. The summed E-state index contributed by atoms with van der Waals surface area (Å²) in [5.41, 5.74) is 1.64. The number of nitrogens with one attached hydrogen (secondary N) is 1. The van der Waals surface area contributed by atoms with Crippen LogP contribution >= 0.6 is 11.6 Å². The Kier molecular flexibility index (Phi) is 3.78. The van der Waals surface area contributed by atoms with Crippen molar-refractivity contribution in [2.75, 3.05) is 6.61 Å². The number of halogens is 2. The molecular weight excluding hydrogens is 309 g/mol. The van der Waals surface area contributed by atoms with Crippen LogP contribution in [0.3, 0.4) is 0 Å². The van der Waals surface area contributed by atoms with Crippen LogP contribution in [0.15, 0.2) is 18.2 Å². The average Bonchev–Trinajstić information content (AvgIpc) is 2.74. The molecule has 1 unspecified atom stereocenters. The van der Waals surface area contributed by atoms with Crippen molar-refractivity contribution < 1.29 is 13.9 Å². The molecule has 1 N–H and O–H groups in total. The molecule has 0 radical (unpaired) electrons. The Morgan fingerprint density at radius 2 is 2.32 bits per heavy atom. The smallest absolute Gasteiger partial charge is 0.273 e. The average molecular weight is 324 g/mol. The Labute approximate surface area is 132 Å². The van der Waals surface area contributed by atoms with Gasteiger partial charge in [0.05, 0.1) is 16.8 Å². The third kappa shape index (κ3) is 2.66. The summed E-state index contributed by atoms with van der Waals surface area (Å²) in [6.07, 6.45) is 0.502. The molecular formula is C15H15ClFN3O2. The van der Waals surface area contributed by atoms with Gasteiger partial charge in [-0.1, -0.05) is 11.6 Å². The number of carbonyl (C=O) groups excluding carboxylic acids is 1. The third-order valence-corrected chi connectivity index (χ3v) is 4.19. The molecule has 0 saturated carbocycles. The van der Waals surface area contributed by atoms with E-state index in [9.17, 15) is 9.18 Å². The number of fused-ring (bicyclic) bond motifs is 1. The SMILES string of the molecule is Cc1c(Cl)c(C(=O)NC2COc3ccc(F)cc3C2)nn1C. The first-order chi connectivity index (χ1) is 10.5. The number of rotatable bonds is 2. The van der Waals surface area contributed by atoms with Crippen LogP contribution in [0.25, 0.3) is 0 Å². The van der Waals surface area contributed by atoms with Gasteiger partial charge >= 0.3 is 0 Å². The maximum absolute atomic E-state index is 13.3. The second-order valence-electron chi connectivity index (χ2n) is 5.31. The first-order valence-electron chi connectivity index (χ1n) is 6.87. The molecule has 0 aliphatic carbocycles. The first-order valence-corrected chi connectivity index (χ1v) is 7.24. The fraction of sp³-hybridized carbons (Fsp3) is 0.333. The fourth-order valence-corrected chi connectivity index (χ4v) is 2.68. The van der Waals surface area contributed by atoms with E-state index in [4.69, 9.17) is 16.3 Å². The van der Waals surface area contributed by atoms with Crippen molar-refractivity contribution in [3.05, 3.63) is 46.0 Å². The minimum Gasteiger partial charge on any atom is -0.491 e. The summed E-state index contributed by atoms with van der Waals surface area (Å²) >= 11 is 6.10. The quantitative estimate of drug-likeness (QED) is 0.922. The van der Waals surface area contributed by atoms with E-state index in [-0.39, 0.29) is 23.5 Å². The number of hydrogen-bond donors (Lipinski definition) is 1. The molecule has 1 aliphatic rings. The molecule has 1 aromatic carbocycles. The van der Waals surface area contributed by atoms with Crippen molar-refractivity contribution in [1.29, 1.82) is 0 Å². The lowest BCUT2D eigenvalue weighted by Gasteiger charge is -2.25. The van der Waals surface area contributed by atoms with Crippen molar-refractivity contribution >= 4 is 17.5 Å². The number of ether oxygens (including phenoxy) is 1. The summed E-state index contributed by atoms with van der Waals surface area (Å²) in [7, 11) is 1.72. The number of benzene rings is 1. The molecule has 2 heterocycles. The maximum Gasteiger partial charge on any atom is 0.273 e. The molecule has 1 aliphatic heterocycles. The van der Waals surface area contributed by atoms with Gasteiger partial charge in [0.1, 0.15) is 18.2 Å². The third-order valence-electron chi connectivity index (χ3n) is 3.74. The van der Waals surface area contributed by atoms with Crippen molar-refractivity contribution in [2.45, 2.75) is 19.4 Å². The topological polar surface area (TPSA) is 56.1 Å². The Morgan fingerprint density at radius 1 is 1.55 bits per heavy atom. The van der Waals surface area contributed by atoms with Crippen LogP contribution in [-0.2, 0) is 13.5 Å². The molecule has 1 amide bonds. The summed E-state index contributed by atoms with van der Waals surface area (Å²) in [4.78, 5) is 12.3. The Morgan fingerprint density at radius 3 is 3.00 bits per heavy atom. The van der Waals surface area contributed by atoms with E-state index in [0.717, 1.165) is 11.3 Å². The van der Waals surface area contributed by atoms with Crippen molar-refractivity contribution in [1.82, 2.24) is 15.1 Å². The van der Waals surface area contributed by atoms with Crippen LogP contribution in [0.2, 0.25) is 5.02 Å². The molecule has 0 fully saturated rings. The normalized spacial score (nSPS) is 16.8. The first kappa shape index (κ1) is 14.8. The van der Waals surface area contributed by atoms with E-state index in [1.54, 1.807) is 24.7 Å². The number of hydrogen-bond acceptors (Lipinski definition) is 3. The molecule has 0 saturated heterocycles. The summed E-state index contributed by atoms with van der Waals surface area (Å²) < 4.78 is 20.4. The van der Waals surface area contributed by atoms with E-state index < -0.39 is 0 Å². The van der Waals surface area contributed by atoms with Crippen LogP contribution in [0, 0.1) is 12.7 Å². The summed E-state index contributed by atoms with van der Waals surface area (Å²) in [5, 5.41) is 7.27. The van der Waals surface area contributed by atoms with E-state index in [2.05, 4.69) is 10.4 Å². The largest absolute Gasteiger partial charge is 0.491 e. The van der Waals surface area contributed by atoms with E-state index in [1.807, 2.05) is 0 Å². The number of aromatic nitrogens is 2. The Balaban J connectivity index is 1.74. The number of carbonyl (C=O) groups is 1. The van der Waals surface area contributed by atoms with Crippen LogP contribution < -0.4 is 10.1 Å². The van der Waals surface area contributed by atoms with E-state index in [1.165, 1.54) is 12.1 Å². The lowest BCUT2D eigenvalue weighted by molar-refractivity contribution is 0.0909. The van der Waals surface area contributed by atoms with Crippen molar-refractivity contribution in [3.63, 3.8) is 0 Å². The molecule has 3 rings (SSSR count). The van der Waals surface area contributed by atoms with Gasteiger partial charge in [-0.25, -0.2) is 4.39 Å². The fourth-order valence-electron chi connectivity index (χ4n) is 2.44. The zero-order valence-corrected chi connectivity index (χ0v) is 12.9. The molecule has 5 nitrogen and oxygen atoms in total. The highest BCUT2D eigenvalue weighted by Gasteiger charge is 2.25. The van der Waals surface area contributed by atoms with Crippen LogP contribution in [-0.4, -0.2) is 28.3 Å². The zero-order chi connectivity index (χ0) is 15.9. The van der Waals surface area contributed by atoms with Gasteiger partial charge in [0.15, 0.2) is 5.69 Å². The van der Waals surface area contributed by atoms with Gasteiger partial charge in [-0.15, -0.1) is 0 Å². The molecule has 1 atom stereocenters. The highest BCUT2D eigenvalue weighted by molar-refractivity contribution is 6.34. The van der Waals surface area contributed by atoms with Crippen LogP contribution in [0.4, 0.5) is 4.39 Å². The van der Waals surface area contributed by atoms with Crippen molar-refractivity contribution in [2.24, 2.45) is 7.05 Å². The highest BCUT2D eigenvalue weighted by Crippen LogP contribution is 2.26. The summed E-state index contributed by atoms with van der Waals surface area (Å²) in [5.74, 6) is -0.0292.